The Morgan fingerprint density at radius 2 is 1.62 bits per heavy atom. The maximum Gasteiger partial charge on any atom is 0.0900 e. The number of β-amino-alcohol motifs (C(OH)–C–C–N with tert-alkyl or cyclic N) is 1. The molecule has 21 heavy (non-hydrogen) atoms. The van der Waals surface area contributed by atoms with E-state index in [-0.39, 0.29) is 17.2 Å². The van der Waals surface area contributed by atoms with E-state index in [0.717, 1.165) is 25.7 Å². The molecule has 1 aliphatic carbocycles. The number of aliphatic hydroxyl groups excluding tert-OH is 2. The van der Waals surface area contributed by atoms with Crippen LogP contribution in [0.5, 0.6) is 0 Å². The largest absolute Gasteiger partial charge is 0.393 e. The van der Waals surface area contributed by atoms with Crippen molar-refractivity contribution in [2.24, 2.45) is 0 Å². The highest BCUT2D eigenvalue weighted by molar-refractivity contribution is 5.00. The van der Waals surface area contributed by atoms with Crippen LogP contribution >= 0.6 is 0 Å². The first-order chi connectivity index (χ1) is 9.71. The molecule has 1 atom stereocenters. The Bertz CT molecular complexity index is 319. The van der Waals surface area contributed by atoms with Gasteiger partial charge in [-0.1, -0.05) is 12.8 Å². The molecule has 4 heteroatoms. The number of hydrogen-bond acceptors (Lipinski definition) is 4. The van der Waals surface area contributed by atoms with Crippen molar-refractivity contribution in [3.8, 4) is 0 Å². The standard InChI is InChI=1S/C17H33NO3/c1-16(2)9-13(19)10-17(3,4)18(16)11-14(20)12-21-15-7-5-6-8-15/h13-15,19-20H,5-12H2,1-4H3/t14-/m1/s1. The van der Waals surface area contributed by atoms with Crippen LogP contribution < -0.4 is 0 Å². The van der Waals surface area contributed by atoms with Crippen molar-refractivity contribution in [1.82, 2.24) is 4.90 Å². The molecule has 0 unspecified atom stereocenters. The van der Waals surface area contributed by atoms with Gasteiger partial charge < -0.3 is 14.9 Å². The number of aliphatic hydroxyl groups is 2. The molecular formula is C17H33NO3. The number of nitrogens with zero attached hydrogens (tertiary/aromatic N) is 1. The highest BCUT2D eigenvalue weighted by atomic mass is 16.5. The Kier molecular flexibility index (Phi) is 5.35. The summed E-state index contributed by atoms with van der Waals surface area (Å²) in [6.07, 6.45) is 5.94. The lowest BCUT2D eigenvalue weighted by Crippen LogP contribution is -2.63. The molecule has 1 aliphatic heterocycles. The average molecular weight is 299 g/mol. The van der Waals surface area contributed by atoms with Gasteiger partial charge in [0.15, 0.2) is 0 Å². The van der Waals surface area contributed by atoms with Crippen molar-refractivity contribution >= 4 is 0 Å². The van der Waals surface area contributed by atoms with Crippen molar-refractivity contribution in [3.63, 3.8) is 0 Å². The minimum absolute atomic E-state index is 0.102. The van der Waals surface area contributed by atoms with Crippen molar-refractivity contribution in [2.45, 2.75) is 95.6 Å². The molecule has 0 spiro atoms. The lowest BCUT2D eigenvalue weighted by atomic mass is 9.78. The fraction of sp³-hybridized carbons (Fsp3) is 1.00. The zero-order valence-electron chi connectivity index (χ0n) is 14.1. The lowest BCUT2D eigenvalue weighted by Gasteiger charge is -2.55. The number of likely N-dealkylation sites (tertiary alicyclic amines) is 1. The SMILES string of the molecule is CC1(C)CC(O)CC(C)(C)N1C[C@@H](O)COC1CCCC1. The third-order valence-corrected chi connectivity index (χ3v) is 5.15. The second-order valence-corrected chi connectivity index (χ2v) is 8.19. The van der Waals surface area contributed by atoms with E-state index in [1.807, 2.05) is 0 Å². The normalized spacial score (nSPS) is 28.9. The summed E-state index contributed by atoms with van der Waals surface area (Å²) in [6, 6.07) is 0. The number of ether oxygens (including phenoxy) is 1. The molecule has 0 amide bonds. The molecule has 1 saturated heterocycles. The van der Waals surface area contributed by atoms with Crippen molar-refractivity contribution in [1.29, 1.82) is 0 Å². The maximum absolute atomic E-state index is 10.4. The number of hydrogen-bond donors (Lipinski definition) is 2. The Hall–Kier alpha value is -0.160. The molecule has 124 valence electrons. The smallest absolute Gasteiger partial charge is 0.0900 e. The summed E-state index contributed by atoms with van der Waals surface area (Å²) in [6.45, 7) is 9.65. The van der Waals surface area contributed by atoms with E-state index in [4.69, 9.17) is 4.74 Å². The van der Waals surface area contributed by atoms with Gasteiger partial charge in [-0.25, -0.2) is 0 Å². The van der Waals surface area contributed by atoms with Gasteiger partial charge in [0, 0.05) is 17.6 Å². The topological polar surface area (TPSA) is 52.9 Å². The third kappa shape index (κ3) is 4.41. The molecular weight excluding hydrogens is 266 g/mol. The molecule has 1 heterocycles. The third-order valence-electron chi connectivity index (χ3n) is 5.15. The molecule has 0 aromatic rings. The summed E-state index contributed by atoms with van der Waals surface area (Å²) in [7, 11) is 0. The van der Waals surface area contributed by atoms with E-state index >= 15 is 0 Å². The first-order valence-corrected chi connectivity index (χ1v) is 8.46. The molecule has 0 radical (unpaired) electrons. The van der Waals surface area contributed by atoms with Crippen LogP contribution in [0.3, 0.4) is 0 Å². The van der Waals surface area contributed by atoms with Crippen LogP contribution in [-0.2, 0) is 4.74 Å². The summed E-state index contributed by atoms with van der Waals surface area (Å²) in [4.78, 5) is 2.34. The molecule has 0 aromatic carbocycles. The van der Waals surface area contributed by atoms with Crippen LogP contribution in [0.25, 0.3) is 0 Å². The first kappa shape index (κ1) is 17.2. The van der Waals surface area contributed by atoms with E-state index in [1.54, 1.807) is 0 Å². The van der Waals surface area contributed by atoms with Gasteiger partial charge in [-0.2, -0.15) is 0 Å². The van der Waals surface area contributed by atoms with E-state index in [2.05, 4.69) is 32.6 Å². The van der Waals surface area contributed by atoms with Crippen LogP contribution in [0.15, 0.2) is 0 Å². The quantitative estimate of drug-likeness (QED) is 0.818. The van der Waals surface area contributed by atoms with Gasteiger partial charge in [0.1, 0.15) is 0 Å². The first-order valence-electron chi connectivity index (χ1n) is 8.46. The molecule has 0 bridgehead atoms. The number of rotatable bonds is 5. The maximum atomic E-state index is 10.4. The van der Waals surface area contributed by atoms with E-state index in [1.165, 1.54) is 12.8 Å². The Balaban J connectivity index is 1.89. The predicted molar refractivity (Wildman–Crippen MR) is 84.3 cm³/mol. The molecule has 4 nitrogen and oxygen atoms in total. The van der Waals surface area contributed by atoms with Crippen LogP contribution in [0.4, 0.5) is 0 Å². The molecule has 2 rings (SSSR count). The molecule has 2 fully saturated rings. The van der Waals surface area contributed by atoms with Crippen LogP contribution in [0.1, 0.15) is 66.2 Å². The zero-order valence-corrected chi connectivity index (χ0v) is 14.1. The van der Waals surface area contributed by atoms with Crippen LogP contribution in [0.2, 0.25) is 0 Å². The molecule has 0 aromatic heterocycles. The minimum atomic E-state index is -0.459. The van der Waals surface area contributed by atoms with E-state index in [9.17, 15) is 10.2 Å². The highest BCUT2D eigenvalue weighted by Crippen LogP contribution is 2.38. The average Bonchev–Trinajstić information content (AvgIpc) is 2.83. The van der Waals surface area contributed by atoms with Gasteiger partial charge in [0.2, 0.25) is 0 Å². The monoisotopic (exact) mass is 299 g/mol. The zero-order chi connectivity index (χ0) is 15.7. The summed E-state index contributed by atoms with van der Waals surface area (Å²) in [5, 5.41) is 20.4. The predicted octanol–water partition coefficient (Wildman–Crippen LogP) is 2.32. The fourth-order valence-electron chi connectivity index (χ4n) is 4.33. The van der Waals surface area contributed by atoms with E-state index < -0.39 is 6.10 Å². The van der Waals surface area contributed by atoms with Gasteiger partial charge in [-0.15, -0.1) is 0 Å². The Labute approximate surface area is 129 Å². The second kappa shape index (κ2) is 6.53. The van der Waals surface area contributed by atoms with Gasteiger partial charge >= 0.3 is 0 Å². The molecule has 2 N–H and O–H groups in total. The second-order valence-electron chi connectivity index (χ2n) is 8.19. The van der Waals surface area contributed by atoms with Crippen LogP contribution in [-0.4, -0.2) is 57.7 Å². The van der Waals surface area contributed by atoms with Gasteiger partial charge in [0.05, 0.1) is 24.9 Å². The minimum Gasteiger partial charge on any atom is -0.393 e. The van der Waals surface area contributed by atoms with Crippen molar-refractivity contribution in [3.05, 3.63) is 0 Å². The highest BCUT2D eigenvalue weighted by Gasteiger charge is 2.45. The summed E-state index contributed by atoms with van der Waals surface area (Å²) < 4.78 is 5.84. The van der Waals surface area contributed by atoms with Crippen LogP contribution in [0, 0.1) is 0 Å². The summed E-state index contributed by atoms with van der Waals surface area (Å²) >= 11 is 0. The summed E-state index contributed by atoms with van der Waals surface area (Å²) in [5.74, 6) is 0. The van der Waals surface area contributed by atoms with Gasteiger partial charge in [-0.05, 0) is 53.4 Å². The van der Waals surface area contributed by atoms with E-state index in [0.29, 0.717) is 19.3 Å². The summed E-state index contributed by atoms with van der Waals surface area (Å²) in [5.41, 5.74) is -0.203. The number of piperidine rings is 1. The van der Waals surface area contributed by atoms with Gasteiger partial charge in [0.25, 0.3) is 0 Å². The van der Waals surface area contributed by atoms with Crippen molar-refractivity contribution in [2.75, 3.05) is 13.2 Å². The molecule has 1 saturated carbocycles. The Morgan fingerprint density at radius 1 is 1.10 bits per heavy atom. The lowest BCUT2D eigenvalue weighted by molar-refractivity contribution is -0.108. The Morgan fingerprint density at radius 3 is 2.14 bits per heavy atom. The molecule has 2 aliphatic rings. The fourth-order valence-corrected chi connectivity index (χ4v) is 4.33. The van der Waals surface area contributed by atoms with Crippen molar-refractivity contribution < 1.29 is 14.9 Å². The van der Waals surface area contributed by atoms with Gasteiger partial charge in [-0.3, -0.25) is 4.90 Å².